The van der Waals surface area contributed by atoms with Crippen LogP contribution in [0.3, 0.4) is 0 Å². The van der Waals surface area contributed by atoms with Crippen LogP contribution in [0, 0.1) is 0 Å². The second-order valence-corrected chi connectivity index (χ2v) is 1.92. The number of hydrogen-bond donors (Lipinski definition) is 1. The summed E-state index contributed by atoms with van der Waals surface area (Å²) in [5.74, 6) is -0.268. The summed E-state index contributed by atoms with van der Waals surface area (Å²) in [5, 5.41) is 2.41. The second-order valence-electron chi connectivity index (χ2n) is 1.92. The summed E-state index contributed by atoms with van der Waals surface area (Å²) < 4.78 is 0. The summed E-state index contributed by atoms with van der Waals surface area (Å²) in [5.41, 5.74) is 0. The molecule has 1 N–H and O–H groups in total. The maximum atomic E-state index is 10.6. The van der Waals surface area contributed by atoms with Crippen molar-refractivity contribution in [2.75, 3.05) is 6.54 Å². The van der Waals surface area contributed by atoms with Crippen LogP contribution in [0.15, 0.2) is 12.2 Å². The number of rotatable bonds is 3. The first-order valence-corrected chi connectivity index (χ1v) is 3.06. The Labute approximate surface area is 60.1 Å². The minimum atomic E-state index is -0.224. The van der Waals surface area contributed by atoms with Crippen LogP contribution >= 0.6 is 0 Å². The van der Waals surface area contributed by atoms with Gasteiger partial charge in [0.1, 0.15) is 5.78 Å². The molecule has 0 atom stereocenters. The van der Waals surface area contributed by atoms with Gasteiger partial charge in [-0.2, -0.15) is 0 Å². The van der Waals surface area contributed by atoms with Crippen molar-refractivity contribution in [1.29, 1.82) is 0 Å². The first kappa shape index (κ1) is 8.88. The Kier molecular flexibility index (Phi) is 4.20. The van der Waals surface area contributed by atoms with Crippen molar-refractivity contribution < 1.29 is 9.59 Å². The van der Waals surface area contributed by atoms with E-state index >= 15 is 0 Å². The Morgan fingerprint density at radius 3 is 2.50 bits per heavy atom. The highest BCUT2D eigenvalue weighted by Crippen LogP contribution is 1.71. The number of amides is 1. The smallest absolute Gasteiger partial charge is 0.244 e. The Bertz CT molecular complexity index is 161. The molecule has 0 aliphatic carbocycles. The van der Waals surface area contributed by atoms with Gasteiger partial charge in [-0.25, -0.2) is 0 Å². The van der Waals surface area contributed by atoms with Crippen molar-refractivity contribution in [2.45, 2.75) is 13.8 Å². The third-order valence-corrected chi connectivity index (χ3v) is 0.830. The van der Waals surface area contributed by atoms with E-state index in [0.29, 0.717) is 0 Å². The number of allylic oxidation sites excluding steroid dienone is 1. The normalized spacial score (nSPS) is 9.80. The average molecular weight is 141 g/mol. The van der Waals surface area contributed by atoms with Crippen molar-refractivity contribution in [3.63, 3.8) is 0 Å². The molecule has 0 aliphatic rings. The van der Waals surface area contributed by atoms with Crippen molar-refractivity contribution in [3.05, 3.63) is 12.2 Å². The van der Waals surface area contributed by atoms with E-state index in [0.717, 1.165) is 0 Å². The van der Waals surface area contributed by atoms with E-state index in [1.165, 1.54) is 13.0 Å². The average Bonchev–Trinajstić information content (AvgIpc) is 1.85. The molecule has 1 amide bonds. The molecule has 0 heterocycles. The Hall–Kier alpha value is -1.12. The Balaban J connectivity index is 3.50. The van der Waals surface area contributed by atoms with Gasteiger partial charge in [-0.3, -0.25) is 9.59 Å². The summed E-state index contributed by atoms with van der Waals surface area (Å²) in [4.78, 5) is 20.9. The zero-order chi connectivity index (χ0) is 7.98. The van der Waals surface area contributed by atoms with Crippen LogP contribution in [-0.2, 0) is 9.59 Å². The monoisotopic (exact) mass is 141 g/mol. The van der Waals surface area contributed by atoms with Crippen molar-refractivity contribution in [3.8, 4) is 0 Å². The fraction of sp³-hybridized carbons (Fsp3) is 0.429. The van der Waals surface area contributed by atoms with Crippen LogP contribution in [-0.4, -0.2) is 18.2 Å². The number of carbonyl (C=O) groups is 2. The summed E-state index contributed by atoms with van der Waals surface area (Å²) in [7, 11) is 0. The fourth-order valence-corrected chi connectivity index (χ4v) is 0.422. The molecule has 0 rings (SSSR count). The largest absolute Gasteiger partial charge is 0.345 e. The van der Waals surface area contributed by atoms with Gasteiger partial charge >= 0.3 is 0 Å². The number of nitrogens with one attached hydrogen (secondary N) is 1. The molecule has 0 spiro atoms. The lowest BCUT2D eigenvalue weighted by molar-refractivity contribution is -0.121. The fourth-order valence-electron chi connectivity index (χ4n) is 0.422. The van der Waals surface area contributed by atoms with E-state index in [-0.39, 0.29) is 18.2 Å². The van der Waals surface area contributed by atoms with Gasteiger partial charge in [0.15, 0.2) is 0 Å². The van der Waals surface area contributed by atoms with Gasteiger partial charge in [-0.15, -0.1) is 0 Å². The summed E-state index contributed by atoms with van der Waals surface area (Å²) in [6.07, 6.45) is 3.00. The topological polar surface area (TPSA) is 46.2 Å². The zero-order valence-corrected chi connectivity index (χ0v) is 6.18. The molecule has 10 heavy (non-hydrogen) atoms. The molecule has 0 unspecified atom stereocenters. The quantitative estimate of drug-likeness (QED) is 0.573. The third-order valence-electron chi connectivity index (χ3n) is 0.830. The number of carbonyl (C=O) groups excluding carboxylic acids is 2. The van der Waals surface area contributed by atoms with E-state index < -0.39 is 0 Å². The van der Waals surface area contributed by atoms with Crippen LogP contribution in [0.5, 0.6) is 0 Å². The van der Waals surface area contributed by atoms with E-state index in [2.05, 4.69) is 5.32 Å². The van der Waals surface area contributed by atoms with Gasteiger partial charge in [-0.05, 0) is 19.9 Å². The summed E-state index contributed by atoms with van der Waals surface area (Å²) >= 11 is 0. The molecule has 0 aromatic heterocycles. The van der Waals surface area contributed by atoms with Crippen LogP contribution < -0.4 is 5.32 Å². The van der Waals surface area contributed by atoms with E-state index in [1.807, 2.05) is 0 Å². The highest BCUT2D eigenvalue weighted by atomic mass is 16.2. The number of hydrogen-bond acceptors (Lipinski definition) is 2. The van der Waals surface area contributed by atoms with E-state index in [4.69, 9.17) is 0 Å². The van der Waals surface area contributed by atoms with Gasteiger partial charge < -0.3 is 5.32 Å². The standard InChI is InChI=1S/C7H11NO2/c1-3-4-7(10)8-5-6(2)9/h3-4H,5H2,1-2H3,(H,8,10)/b4-3-. The highest BCUT2D eigenvalue weighted by molar-refractivity contribution is 5.90. The van der Waals surface area contributed by atoms with Crippen LogP contribution in [0.4, 0.5) is 0 Å². The van der Waals surface area contributed by atoms with Gasteiger partial charge in [0.25, 0.3) is 0 Å². The van der Waals surface area contributed by atoms with Crippen LogP contribution in [0.1, 0.15) is 13.8 Å². The molecule has 3 nitrogen and oxygen atoms in total. The van der Waals surface area contributed by atoms with Gasteiger partial charge in [0.05, 0.1) is 6.54 Å². The van der Waals surface area contributed by atoms with E-state index in [1.54, 1.807) is 13.0 Å². The predicted octanol–water partition coefficient (Wildman–Crippen LogP) is 0.268. The molecule has 0 saturated carbocycles. The molecule has 0 radical (unpaired) electrons. The van der Waals surface area contributed by atoms with Crippen LogP contribution in [0.2, 0.25) is 0 Å². The molecular weight excluding hydrogens is 130 g/mol. The highest BCUT2D eigenvalue weighted by Gasteiger charge is 1.94. The predicted molar refractivity (Wildman–Crippen MR) is 38.5 cm³/mol. The molecule has 0 aromatic carbocycles. The Morgan fingerprint density at radius 1 is 1.50 bits per heavy atom. The van der Waals surface area contributed by atoms with Gasteiger partial charge in [-0.1, -0.05) is 6.08 Å². The SMILES string of the molecule is C/C=C\C(=O)NCC(C)=O. The van der Waals surface area contributed by atoms with Crippen molar-refractivity contribution in [2.24, 2.45) is 0 Å². The molecule has 0 fully saturated rings. The number of ketones is 1. The second kappa shape index (κ2) is 4.73. The first-order chi connectivity index (χ1) is 4.66. The molecule has 0 aliphatic heterocycles. The maximum Gasteiger partial charge on any atom is 0.244 e. The van der Waals surface area contributed by atoms with Gasteiger partial charge in [0, 0.05) is 0 Å². The third kappa shape index (κ3) is 5.03. The molecule has 0 saturated heterocycles. The lowest BCUT2D eigenvalue weighted by atomic mass is 10.4. The molecular formula is C7H11NO2. The van der Waals surface area contributed by atoms with Crippen molar-refractivity contribution >= 4 is 11.7 Å². The van der Waals surface area contributed by atoms with E-state index in [9.17, 15) is 9.59 Å². The first-order valence-electron chi connectivity index (χ1n) is 3.06. The minimum absolute atomic E-state index is 0.0437. The molecule has 3 heteroatoms. The molecule has 0 bridgehead atoms. The van der Waals surface area contributed by atoms with Gasteiger partial charge in [0.2, 0.25) is 5.91 Å². The van der Waals surface area contributed by atoms with Crippen molar-refractivity contribution in [1.82, 2.24) is 5.32 Å². The maximum absolute atomic E-state index is 10.6. The lowest BCUT2D eigenvalue weighted by Gasteiger charge is -1.95. The summed E-state index contributed by atoms with van der Waals surface area (Å²) in [6.45, 7) is 3.28. The lowest BCUT2D eigenvalue weighted by Crippen LogP contribution is -2.26. The minimum Gasteiger partial charge on any atom is -0.345 e. The summed E-state index contributed by atoms with van der Waals surface area (Å²) in [6, 6.07) is 0. The van der Waals surface area contributed by atoms with Crippen LogP contribution in [0.25, 0.3) is 0 Å². The molecule has 0 aromatic rings. The zero-order valence-electron chi connectivity index (χ0n) is 6.18. The number of Topliss-reactive ketones (excluding diaryl/α,β-unsaturated/α-hetero) is 1. The Morgan fingerprint density at radius 2 is 2.10 bits per heavy atom. The molecule has 56 valence electrons.